The lowest BCUT2D eigenvalue weighted by atomic mass is 10.2. The fourth-order valence-corrected chi connectivity index (χ4v) is 1.67. The molecule has 0 aliphatic heterocycles. The molecule has 0 aliphatic rings. The molecule has 0 radical (unpaired) electrons. The van der Waals surface area contributed by atoms with Crippen LogP contribution in [0, 0.1) is 0 Å². The molecule has 0 aromatic heterocycles. The monoisotopic (exact) mass is 283 g/mol. The summed E-state index contributed by atoms with van der Waals surface area (Å²) >= 11 is 0. The minimum absolute atomic E-state index is 0.138. The number of nitrogens with one attached hydrogen (secondary N) is 2. The second-order valence-corrected chi connectivity index (χ2v) is 4.29. The van der Waals surface area contributed by atoms with Gasteiger partial charge < -0.3 is 10.1 Å². The average Bonchev–Trinajstić information content (AvgIpc) is 2.54. The van der Waals surface area contributed by atoms with Crippen molar-refractivity contribution in [3.05, 3.63) is 60.2 Å². The average molecular weight is 283 g/mol. The number of rotatable bonds is 6. The lowest BCUT2D eigenvalue weighted by Crippen LogP contribution is -2.25. The van der Waals surface area contributed by atoms with E-state index >= 15 is 0 Å². The van der Waals surface area contributed by atoms with E-state index in [0.717, 1.165) is 17.0 Å². The zero-order chi connectivity index (χ0) is 14.9. The number of ether oxygens (including phenoxy) is 1. The van der Waals surface area contributed by atoms with E-state index in [1.54, 1.807) is 13.3 Å². The van der Waals surface area contributed by atoms with E-state index in [2.05, 4.69) is 15.8 Å². The molecule has 5 heteroatoms. The third kappa shape index (κ3) is 4.99. The minimum Gasteiger partial charge on any atom is -0.497 e. The summed E-state index contributed by atoms with van der Waals surface area (Å²) < 4.78 is 5.11. The molecule has 2 rings (SSSR count). The van der Waals surface area contributed by atoms with E-state index < -0.39 is 0 Å². The SMILES string of the molecule is COc1cccc(NCC(=O)N/N=C\c2ccccc2)c1. The predicted molar refractivity (Wildman–Crippen MR) is 83.7 cm³/mol. The molecule has 0 saturated heterocycles. The van der Waals surface area contributed by atoms with Crippen LogP contribution < -0.4 is 15.5 Å². The van der Waals surface area contributed by atoms with Crippen LogP contribution in [-0.4, -0.2) is 25.8 Å². The first-order chi connectivity index (χ1) is 10.3. The van der Waals surface area contributed by atoms with Crippen molar-refractivity contribution in [1.29, 1.82) is 0 Å². The van der Waals surface area contributed by atoms with Gasteiger partial charge in [0.15, 0.2) is 0 Å². The Hall–Kier alpha value is -2.82. The van der Waals surface area contributed by atoms with Crippen molar-refractivity contribution < 1.29 is 9.53 Å². The molecule has 0 aliphatic carbocycles. The number of hydrazone groups is 1. The van der Waals surface area contributed by atoms with Gasteiger partial charge in [0.2, 0.25) is 0 Å². The highest BCUT2D eigenvalue weighted by atomic mass is 16.5. The smallest absolute Gasteiger partial charge is 0.259 e. The van der Waals surface area contributed by atoms with Gasteiger partial charge in [-0.2, -0.15) is 5.10 Å². The second kappa shape index (κ2) is 7.69. The lowest BCUT2D eigenvalue weighted by molar-refractivity contribution is -0.119. The maximum Gasteiger partial charge on any atom is 0.259 e. The topological polar surface area (TPSA) is 62.7 Å². The number of nitrogens with zero attached hydrogens (tertiary/aromatic N) is 1. The largest absolute Gasteiger partial charge is 0.497 e. The number of carbonyl (C=O) groups excluding carboxylic acids is 1. The predicted octanol–water partition coefficient (Wildman–Crippen LogP) is 2.26. The molecule has 0 saturated carbocycles. The van der Waals surface area contributed by atoms with Crippen LogP contribution in [0.5, 0.6) is 5.75 Å². The summed E-state index contributed by atoms with van der Waals surface area (Å²) in [6.07, 6.45) is 1.60. The van der Waals surface area contributed by atoms with Crippen LogP contribution in [0.25, 0.3) is 0 Å². The van der Waals surface area contributed by atoms with Gasteiger partial charge in [0.25, 0.3) is 5.91 Å². The van der Waals surface area contributed by atoms with Gasteiger partial charge in [0.05, 0.1) is 19.9 Å². The Bertz CT molecular complexity index is 612. The standard InChI is InChI=1S/C16H17N3O2/c1-21-15-9-5-8-14(10-15)17-12-16(20)19-18-11-13-6-3-2-4-7-13/h2-11,17H,12H2,1H3,(H,19,20)/b18-11-. The molecule has 2 aromatic rings. The summed E-state index contributed by atoms with van der Waals surface area (Å²) in [7, 11) is 1.60. The van der Waals surface area contributed by atoms with E-state index in [0.29, 0.717) is 0 Å². The molecule has 2 aromatic carbocycles. The maximum atomic E-state index is 11.6. The Morgan fingerprint density at radius 1 is 1.19 bits per heavy atom. The maximum absolute atomic E-state index is 11.6. The summed E-state index contributed by atoms with van der Waals surface area (Å²) in [6, 6.07) is 16.9. The summed E-state index contributed by atoms with van der Waals surface area (Å²) in [5.41, 5.74) is 4.21. The van der Waals surface area contributed by atoms with E-state index in [-0.39, 0.29) is 12.5 Å². The Balaban J connectivity index is 1.78. The highest BCUT2D eigenvalue weighted by Crippen LogP contribution is 2.16. The minimum atomic E-state index is -0.218. The molecule has 21 heavy (non-hydrogen) atoms. The van der Waals surface area contributed by atoms with Crippen molar-refractivity contribution in [3.63, 3.8) is 0 Å². The van der Waals surface area contributed by atoms with Crippen molar-refractivity contribution in [2.45, 2.75) is 0 Å². The normalized spacial score (nSPS) is 10.3. The summed E-state index contributed by atoms with van der Waals surface area (Å²) in [6.45, 7) is 0.138. The van der Waals surface area contributed by atoms with Crippen LogP contribution in [0.3, 0.4) is 0 Å². The number of hydrogen-bond donors (Lipinski definition) is 2. The molecule has 0 atom stereocenters. The molecule has 2 N–H and O–H groups in total. The number of methoxy groups -OCH3 is 1. The summed E-state index contributed by atoms with van der Waals surface area (Å²) in [5.74, 6) is 0.521. The summed E-state index contributed by atoms with van der Waals surface area (Å²) in [5, 5.41) is 6.90. The number of amides is 1. The van der Waals surface area contributed by atoms with Gasteiger partial charge in [-0.05, 0) is 17.7 Å². The number of hydrogen-bond acceptors (Lipinski definition) is 4. The first-order valence-corrected chi connectivity index (χ1v) is 6.53. The third-order valence-corrected chi connectivity index (χ3v) is 2.73. The Kier molecular flexibility index (Phi) is 5.34. The molecule has 108 valence electrons. The number of benzene rings is 2. The molecule has 0 fully saturated rings. The molecular formula is C16H17N3O2. The van der Waals surface area contributed by atoms with Gasteiger partial charge in [-0.15, -0.1) is 0 Å². The van der Waals surface area contributed by atoms with Crippen LogP contribution in [0.1, 0.15) is 5.56 Å². The molecule has 5 nitrogen and oxygen atoms in total. The first-order valence-electron chi connectivity index (χ1n) is 6.53. The number of anilines is 1. The van der Waals surface area contributed by atoms with Crippen molar-refractivity contribution in [2.75, 3.05) is 19.0 Å². The van der Waals surface area contributed by atoms with Crippen LogP contribution in [0.15, 0.2) is 59.7 Å². The zero-order valence-corrected chi connectivity index (χ0v) is 11.7. The van der Waals surface area contributed by atoms with E-state index in [4.69, 9.17) is 4.74 Å². The van der Waals surface area contributed by atoms with Crippen molar-refractivity contribution in [2.24, 2.45) is 5.10 Å². The lowest BCUT2D eigenvalue weighted by Gasteiger charge is -2.06. The fourth-order valence-electron chi connectivity index (χ4n) is 1.67. The van der Waals surface area contributed by atoms with Crippen molar-refractivity contribution in [1.82, 2.24) is 5.43 Å². The first kappa shape index (κ1) is 14.6. The van der Waals surface area contributed by atoms with E-state index in [1.807, 2.05) is 54.6 Å². The van der Waals surface area contributed by atoms with Crippen LogP contribution in [0.2, 0.25) is 0 Å². The second-order valence-electron chi connectivity index (χ2n) is 4.29. The van der Waals surface area contributed by atoms with Gasteiger partial charge in [-0.25, -0.2) is 5.43 Å². The van der Waals surface area contributed by atoms with Gasteiger partial charge >= 0.3 is 0 Å². The van der Waals surface area contributed by atoms with Crippen LogP contribution in [0.4, 0.5) is 5.69 Å². The van der Waals surface area contributed by atoms with E-state index in [9.17, 15) is 4.79 Å². The number of carbonyl (C=O) groups is 1. The molecule has 0 unspecified atom stereocenters. The van der Waals surface area contributed by atoms with Gasteiger partial charge in [-0.3, -0.25) is 4.79 Å². The van der Waals surface area contributed by atoms with Gasteiger partial charge in [-0.1, -0.05) is 36.4 Å². The Morgan fingerprint density at radius 2 is 2.00 bits per heavy atom. The van der Waals surface area contributed by atoms with E-state index in [1.165, 1.54) is 0 Å². The summed E-state index contributed by atoms with van der Waals surface area (Å²) in [4.78, 5) is 11.6. The van der Waals surface area contributed by atoms with Crippen molar-refractivity contribution in [3.8, 4) is 5.75 Å². The molecule has 0 bridgehead atoms. The molecule has 1 amide bonds. The molecular weight excluding hydrogens is 266 g/mol. The fraction of sp³-hybridized carbons (Fsp3) is 0.125. The Morgan fingerprint density at radius 3 is 2.76 bits per heavy atom. The van der Waals surface area contributed by atoms with Crippen LogP contribution in [-0.2, 0) is 4.79 Å². The zero-order valence-electron chi connectivity index (χ0n) is 11.7. The van der Waals surface area contributed by atoms with Crippen LogP contribution >= 0.6 is 0 Å². The quantitative estimate of drug-likeness (QED) is 0.631. The Labute approximate surface area is 123 Å². The highest BCUT2D eigenvalue weighted by Gasteiger charge is 2.00. The molecule has 0 spiro atoms. The highest BCUT2D eigenvalue weighted by molar-refractivity contribution is 5.84. The van der Waals surface area contributed by atoms with Gasteiger partial charge in [0.1, 0.15) is 5.75 Å². The third-order valence-electron chi connectivity index (χ3n) is 2.73. The van der Waals surface area contributed by atoms with Crippen molar-refractivity contribution >= 4 is 17.8 Å². The molecule has 0 heterocycles. The van der Waals surface area contributed by atoms with Gasteiger partial charge in [0, 0.05) is 11.8 Å².